The molecule has 107 heavy (non-hydrogen) atoms. The Morgan fingerprint density at radius 2 is 1.33 bits per heavy atom. The van der Waals surface area contributed by atoms with Crippen LogP contribution in [0.1, 0.15) is 49.8 Å². The average molecular weight is 1660 g/mol. The number of unbranched alkanes of at least 4 members (excludes halogenated alkanes) is 1. The number of aliphatic hydroxyl groups is 12. The minimum atomic E-state index is -2.84. The van der Waals surface area contributed by atoms with Gasteiger partial charge in [0.1, 0.15) is 109 Å². The fraction of sp³-hybridized carbons (Fsp3) is 0.582. The number of halogens is 1. The molecule has 4 fully saturated rings. The number of carbonyl (C=O) groups excluding carboxylic acids is 7. The van der Waals surface area contributed by atoms with Gasteiger partial charge in [0.25, 0.3) is 0 Å². The van der Waals surface area contributed by atoms with Gasteiger partial charge in [0, 0.05) is 41.4 Å². The Hall–Kier alpha value is -6.57. The van der Waals surface area contributed by atoms with Crippen molar-refractivity contribution in [2.75, 3.05) is 44.4 Å². The maximum atomic E-state index is 15.4. The molecule has 8 rings (SSSR count). The lowest BCUT2D eigenvalue weighted by Gasteiger charge is -2.48. The van der Waals surface area contributed by atoms with Gasteiger partial charge in [-0.1, -0.05) is 76.2 Å². The second-order valence-electron chi connectivity index (χ2n) is 26.4. The smallest absolute Gasteiger partial charge is 0.328 e. The van der Waals surface area contributed by atoms with Crippen LogP contribution in [0.4, 0.5) is 0 Å². The number of para-hydroxylation sites is 1. The molecule has 40 heteroatoms. The zero-order valence-electron chi connectivity index (χ0n) is 57.8. The minimum Gasteiger partial charge on any atom is -0.507 e. The van der Waals surface area contributed by atoms with Gasteiger partial charge < -0.3 is 148 Å². The number of amides is 7. The number of aromatic hydroxyl groups is 1. The van der Waals surface area contributed by atoms with Crippen molar-refractivity contribution in [2.24, 2.45) is 5.73 Å². The molecule has 25 N–H and O–H groups in total. The lowest BCUT2D eigenvalue weighted by molar-refractivity contribution is -0.383. The van der Waals surface area contributed by atoms with E-state index in [2.05, 4.69) is 47.5 Å². The molecule has 0 radical (unpaired) electrons. The number of benzene rings is 3. The molecule has 4 aliphatic rings. The molecule has 11 unspecified atom stereocenters. The van der Waals surface area contributed by atoms with Gasteiger partial charge in [0.2, 0.25) is 47.1 Å². The zero-order valence-corrected chi connectivity index (χ0v) is 61.6. The van der Waals surface area contributed by atoms with Gasteiger partial charge in [0.05, 0.1) is 48.2 Å². The maximum Gasteiger partial charge on any atom is 0.328 e. The Bertz CT molecular complexity index is 3650. The van der Waals surface area contributed by atoms with Crippen LogP contribution in [0.15, 0.2) is 79.0 Å². The van der Waals surface area contributed by atoms with E-state index in [1.54, 1.807) is 60.8 Å². The van der Waals surface area contributed by atoms with Crippen molar-refractivity contribution in [1.82, 2.24) is 47.5 Å². The number of nitrogens with one attached hydrogen (secondary N) is 9. The number of aliphatic hydroxyl groups excluding tert-OH is 11. The average Bonchev–Trinajstić information content (AvgIpc) is 1.34. The van der Waals surface area contributed by atoms with Crippen LogP contribution in [-0.2, 0) is 81.3 Å². The molecule has 1 aromatic heterocycles. The second-order valence-corrected chi connectivity index (χ2v) is 30.1. The number of phenolic OH excluding ortho intramolecular Hbond substituents is 1. The number of fused-ring (bicyclic) bond motifs is 1. The first-order valence-corrected chi connectivity index (χ1v) is 37.9. The summed E-state index contributed by atoms with van der Waals surface area (Å²) < 4.78 is 28.5. The summed E-state index contributed by atoms with van der Waals surface area (Å²) in [4.78, 5) is 119. The summed E-state index contributed by atoms with van der Waals surface area (Å²) in [5.74, 6) is -13.0. The first-order chi connectivity index (χ1) is 50.9. The first kappa shape index (κ1) is 86.0. The number of carboxylic acids is 1. The van der Waals surface area contributed by atoms with E-state index >= 15 is 19.2 Å². The van der Waals surface area contributed by atoms with Gasteiger partial charge >= 0.3 is 5.97 Å². The number of ether oxygens (including phenoxy) is 5. The molecule has 4 aromatic rings. The van der Waals surface area contributed by atoms with Gasteiger partial charge in [-0.25, -0.2) is 4.79 Å². The number of rotatable bonds is 26. The topological polar surface area (TPSA) is 604 Å². The molecular formula is C67H93IN10O27S2. The summed E-state index contributed by atoms with van der Waals surface area (Å²) in [7, 11) is 1.57. The summed E-state index contributed by atoms with van der Waals surface area (Å²) in [6.45, 7) is -1.22. The standard InChI is InChI=1S/C67H93IN10O27S2/c1-29(81)47-63(97)76-42(62(96)78-48(30(2)82)64(98)99)27-107-106-26-41(61(95)73-39(20-32-15-16-43(83)35(68)18-32)59(93)74-40(21-33-22-70-36-13-7-6-12-34(33)36)60(94)72-37(57(91)77-47)14-8-9-17-69)75-58(92)38(19-31-10-4-3-5-11-31)71-28-67(100)56(90)54(44(84)25-101-67)104-66-53(89)51(87)55(46(24-80)103-66)105-65-52(88)50(86)49(85)45(23-79)102-65/h3-7,10-13,15-16,18,22,29-30,37-42,44-56,65-66,70-71,79-90,100H,8-9,14,17,19-21,23-28,69H2,1-2H3,(H,72,94)(H,73,95)(H,74,93)(H,75,92)(H,76,97)(H,77,91)(H,78,96)(H,98,99)/t29?,30?,37-,38?,39-,40+,41?,42-,44?,45?,46?,47-,48-,49+,50-,51+,52?,53?,54+,55+,56?,65-,66-,67?/m0/s1. The minimum absolute atomic E-state index is 0.113. The van der Waals surface area contributed by atoms with E-state index in [0.29, 0.717) is 37.6 Å². The number of hydrogen-bond acceptors (Lipinski definition) is 30. The summed E-state index contributed by atoms with van der Waals surface area (Å²) >= 11 is 1.85. The third-order valence-corrected chi connectivity index (χ3v) is 21.7. The predicted molar refractivity (Wildman–Crippen MR) is 385 cm³/mol. The summed E-state index contributed by atoms with van der Waals surface area (Å²) in [6.07, 6.45) is -27.3. The number of H-pyrrole nitrogens is 1. The molecule has 592 valence electrons. The van der Waals surface area contributed by atoms with Gasteiger partial charge in [-0.05, 0) is 104 Å². The number of aliphatic carboxylic acids is 1. The fourth-order valence-electron chi connectivity index (χ4n) is 12.3. The van der Waals surface area contributed by atoms with Crippen LogP contribution >= 0.6 is 44.2 Å². The van der Waals surface area contributed by atoms with Crippen molar-refractivity contribution in [3.63, 3.8) is 0 Å². The third kappa shape index (κ3) is 22.6. The molecule has 24 atom stereocenters. The van der Waals surface area contributed by atoms with Crippen LogP contribution in [0.2, 0.25) is 0 Å². The molecule has 0 bridgehead atoms. The zero-order chi connectivity index (χ0) is 78.1. The largest absolute Gasteiger partial charge is 0.507 e. The highest BCUT2D eigenvalue weighted by Crippen LogP contribution is 2.34. The molecule has 0 spiro atoms. The summed E-state index contributed by atoms with van der Waals surface area (Å²) in [5.41, 5.74) is 7.82. The number of hydrogen-bond donors (Lipinski definition) is 24. The van der Waals surface area contributed by atoms with E-state index in [9.17, 15) is 90.7 Å². The molecule has 3 aromatic carbocycles. The van der Waals surface area contributed by atoms with E-state index < -0.39 is 231 Å². The van der Waals surface area contributed by atoms with Crippen LogP contribution in [0.5, 0.6) is 5.75 Å². The van der Waals surface area contributed by atoms with E-state index in [4.69, 9.17) is 29.4 Å². The van der Waals surface area contributed by atoms with Gasteiger partial charge in [0.15, 0.2) is 18.6 Å². The van der Waals surface area contributed by atoms with E-state index in [-0.39, 0.29) is 44.4 Å². The molecule has 7 amide bonds. The lowest BCUT2D eigenvalue weighted by atomic mass is 9.94. The Kier molecular flexibility index (Phi) is 32.1. The quantitative estimate of drug-likeness (QED) is 0.0158. The van der Waals surface area contributed by atoms with Crippen LogP contribution in [0, 0.1) is 3.57 Å². The molecule has 37 nitrogen and oxygen atoms in total. The number of carboxylic acid groups (broad SMARTS) is 1. The van der Waals surface area contributed by atoms with E-state index in [1.807, 2.05) is 22.6 Å². The molecule has 4 aliphatic heterocycles. The third-order valence-electron chi connectivity index (χ3n) is 18.4. The van der Waals surface area contributed by atoms with Crippen LogP contribution in [0.3, 0.4) is 0 Å². The van der Waals surface area contributed by atoms with Gasteiger partial charge in [-0.2, -0.15) is 0 Å². The fourth-order valence-corrected chi connectivity index (χ4v) is 15.2. The summed E-state index contributed by atoms with van der Waals surface area (Å²) in [5, 5.41) is 173. The molecule has 0 aliphatic carbocycles. The van der Waals surface area contributed by atoms with Crippen LogP contribution < -0.4 is 48.3 Å². The Morgan fingerprint density at radius 3 is 1.98 bits per heavy atom. The Morgan fingerprint density at radius 1 is 0.710 bits per heavy atom. The Balaban J connectivity index is 1.12. The molecular weight excluding hydrogens is 1570 g/mol. The predicted octanol–water partition coefficient (Wildman–Crippen LogP) is -7.32. The van der Waals surface area contributed by atoms with Crippen molar-refractivity contribution >= 4 is 102 Å². The molecule has 5 heterocycles. The van der Waals surface area contributed by atoms with Gasteiger partial charge in [-0.3, -0.25) is 33.6 Å². The van der Waals surface area contributed by atoms with Crippen molar-refractivity contribution in [2.45, 2.75) is 198 Å². The van der Waals surface area contributed by atoms with Crippen molar-refractivity contribution in [3.05, 3.63) is 99.3 Å². The monoisotopic (exact) mass is 1660 g/mol. The lowest BCUT2D eigenvalue weighted by Crippen LogP contribution is -2.69. The summed E-state index contributed by atoms with van der Waals surface area (Å²) in [6, 6.07) is 5.90. The number of aromatic amines is 1. The highest BCUT2D eigenvalue weighted by atomic mass is 127. The molecule has 0 saturated carbocycles. The Labute approximate surface area is 633 Å². The molecule has 4 saturated heterocycles. The highest BCUT2D eigenvalue weighted by Gasteiger charge is 2.55. The van der Waals surface area contributed by atoms with Crippen LogP contribution in [0.25, 0.3) is 10.9 Å². The van der Waals surface area contributed by atoms with Gasteiger partial charge in [-0.15, -0.1) is 0 Å². The second kappa shape index (κ2) is 39.9. The normalized spacial score (nSPS) is 32.2. The van der Waals surface area contributed by atoms with E-state index in [1.165, 1.54) is 18.2 Å². The van der Waals surface area contributed by atoms with Crippen molar-refractivity contribution in [3.8, 4) is 5.75 Å². The highest BCUT2D eigenvalue weighted by molar-refractivity contribution is 14.1. The SMILES string of the molecule is CC(O)[C@H](NC(=O)[C@@H]1CSSCC(NC(=O)C(Cc2ccccc2)NCC2(O)OCC(O)[C@@H](O[C@@H]3OC(CO)[C@@H](O[C@@H]4OC(CO)[C@@H](O)[C@H](O)C4O)[C@H](O)C3O)C2O)C(=O)N[C@@H](Cc2ccc(O)c(I)c2)C(=O)N[C@H](Cc2c[nH]c3ccccc23)C(=O)N[C@@H](CCCCN)C(=O)N[C@@H](C(C)O)C(=O)N1)C(=O)O. The maximum absolute atomic E-state index is 15.4. The van der Waals surface area contributed by atoms with Crippen LogP contribution in [-0.4, -0.2) is 314 Å². The number of aromatic nitrogens is 1. The van der Waals surface area contributed by atoms with Crippen molar-refractivity contribution < 1.29 is 134 Å². The number of phenols is 1. The van der Waals surface area contributed by atoms with E-state index in [0.717, 1.165) is 35.4 Å². The first-order valence-electron chi connectivity index (χ1n) is 34.3. The van der Waals surface area contributed by atoms with Crippen molar-refractivity contribution in [1.29, 1.82) is 0 Å². The number of carbonyl (C=O) groups is 8. The number of nitrogens with two attached hydrogens (primary N) is 1.